The number of rotatable bonds is 5. The third-order valence-corrected chi connectivity index (χ3v) is 3.89. The van der Waals surface area contributed by atoms with E-state index in [0.717, 1.165) is 0 Å². The number of nitrogen functional groups attached to an aromatic ring is 1. The number of benzene rings is 2. The van der Waals surface area contributed by atoms with Crippen molar-refractivity contribution in [3.8, 4) is 0 Å². The molecule has 5 nitrogen and oxygen atoms in total. The van der Waals surface area contributed by atoms with Crippen molar-refractivity contribution < 1.29 is 9.90 Å². The zero-order chi connectivity index (χ0) is 17.2. The van der Waals surface area contributed by atoms with E-state index < -0.39 is 11.5 Å². The van der Waals surface area contributed by atoms with Gasteiger partial charge in [-0.1, -0.05) is 23.2 Å². The SMILES string of the molecule is CC(Nc1ccc(C(=N)N)cc1)(C(=O)O)c1cc(Cl)cc(Cl)c1. The number of carbonyl (C=O) groups is 1. The molecule has 2 rings (SSSR count). The first kappa shape index (κ1) is 17.1. The Balaban J connectivity index is 2.41. The molecule has 0 saturated carbocycles. The Morgan fingerprint density at radius 1 is 1.17 bits per heavy atom. The molecular formula is C16H15Cl2N3O2. The molecule has 0 heterocycles. The van der Waals surface area contributed by atoms with E-state index in [0.29, 0.717) is 26.9 Å². The number of nitrogens with one attached hydrogen (secondary N) is 2. The molecule has 2 aromatic rings. The first-order valence-electron chi connectivity index (χ1n) is 6.65. The number of carboxylic acids is 1. The molecule has 0 aliphatic heterocycles. The molecule has 0 aliphatic rings. The van der Waals surface area contributed by atoms with Crippen LogP contribution in [0.4, 0.5) is 5.69 Å². The van der Waals surface area contributed by atoms with Crippen LogP contribution >= 0.6 is 23.2 Å². The van der Waals surface area contributed by atoms with E-state index in [1.165, 1.54) is 13.0 Å². The van der Waals surface area contributed by atoms with Gasteiger partial charge in [-0.15, -0.1) is 0 Å². The van der Waals surface area contributed by atoms with Crippen LogP contribution in [0, 0.1) is 5.41 Å². The van der Waals surface area contributed by atoms with Gasteiger partial charge in [0.1, 0.15) is 5.84 Å². The van der Waals surface area contributed by atoms with Gasteiger partial charge in [-0.05, 0) is 55.0 Å². The molecule has 0 aromatic heterocycles. The molecule has 0 bridgehead atoms. The number of nitrogens with two attached hydrogens (primary N) is 1. The summed E-state index contributed by atoms with van der Waals surface area (Å²) in [6.07, 6.45) is 0. The Labute approximate surface area is 143 Å². The van der Waals surface area contributed by atoms with E-state index in [2.05, 4.69) is 5.32 Å². The summed E-state index contributed by atoms with van der Waals surface area (Å²) in [6, 6.07) is 11.2. The van der Waals surface area contributed by atoms with Crippen LogP contribution < -0.4 is 11.1 Å². The molecule has 120 valence electrons. The van der Waals surface area contributed by atoms with Crippen LogP contribution in [0.2, 0.25) is 10.0 Å². The standard InChI is InChI=1S/C16H15Cl2N3O2/c1-16(15(22)23,10-6-11(17)8-12(18)7-10)21-13-4-2-9(3-5-13)14(19)20/h2-8,21H,1H3,(H3,19,20)(H,22,23). The van der Waals surface area contributed by atoms with E-state index in [-0.39, 0.29) is 5.84 Å². The molecule has 0 fully saturated rings. The minimum Gasteiger partial charge on any atom is -0.479 e. The predicted molar refractivity (Wildman–Crippen MR) is 92.5 cm³/mol. The van der Waals surface area contributed by atoms with Crippen molar-refractivity contribution in [1.29, 1.82) is 5.41 Å². The topological polar surface area (TPSA) is 99.2 Å². The van der Waals surface area contributed by atoms with Crippen molar-refractivity contribution in [3.63, 3.8) is 0 Å². The largest absolute Gasteiger partial charge is 0.479 e. The highest BCUT2D eigenvalue weighted by atomic mass is 35.5. The first-order valence-corrected chi connectivity index (χ1v) is 7.40. The van der Waals surface area contributed by atoms with Crippen LogP contribution in [0.1, 0.15) is 18.1 Å². The van der Waals surface area contributed by atoms with Gasteiger partial charge in [0, 0.05) is 21.3 Å². The van der Waals surface area contributed by atoms with Crippen molar-refractivity contribution >= 4 is 40.7 Å². The van der Waals surface area contributed by atoms with Crippen molar-refractivity contribution in [3.05, 3.63) is 63.6 Å². The minimum atomic E-state index is -1.42. The fourth-order valence-electron chi connectivity index (χ4n) is 2.11. The van der Waals surface area contributed by atoms with Crippen LogP contribution in [0.15, 0.2) is 42.5 Å². The van der Waals surface area contributed by atoms with Gasteiger partial charge in [0.15, 0.2) is 5.54 Å². The highest BCUT2D eigenvalue weighted by molar-refractivity contribution is 6.34. The molecule has 1 unspecified atom stereocenters. The molecule has 0 radical (unpaired) electrons. The molecule has 0 spiro atoms. The Bertz CT molecular complexity index is 742. The van der Waals surface area contributed by atoms with Gasteiger partial charge < -0.3 is 16.2 Å². The van der Waals surface area contributed by atoms with Gasteiger partial charge in [-0.3, -0.25) is 5.41 Å². The van der Waals surface area contributed by atoms with Crippen LogP contribution in [0.3, 0.4) is 0 Å². The van der Waals surface area contributed by atoms with Crippen LogP contribution in [-0.2, 0) is 10.3 Å². The fraction of sp³-hybridized carbons (Fsp3) is 0.125. The number of hydrogen-bond acceptors (Lipinski definition) is 3. The maximum Gasteiger partial charge on any atom is 0.333 e. The average molecular weight is 352 g/mol. The minimum absolute atomic E-state index is 0.0563. The van der Waals surface area contributed by atoms with Gasteiger partial charge in [0.25, 0.3) is 0 Å². The molecule has 0 amide bonds. The zero-order valence-electron chi connectivity index (χ0n) is 12.2. The molecule has 23 heavy (non-hydrogen) atoms. The molecule has 1 atom stereocenters. The second-order valence-corrected chi connectivity index (χ2v) is 6.08. The van der Waals surface area contributed by atoms with E-state index in [4.69, 9.17) is 34.3 Å². The third-order valence-electron chi connectivity index (χ3n) is 3.46. The number of anilines is 1. The summed E-state index contributed by atoms with van der Waals surface area (Å²) >= 11 is 12.0. The second-order valence-electron chi connectivity index (χ2n) is 5.20. The number of amidine groups is 1. The molecule has 0 aliphatic carbocycles. The lowest BCUT2D eigenvalue weighted by Crippen LogP contribution is -2.40. The summed E-state index contributed by atoms with van der Waals surface area (Å²) < 4.78 is 0. The highest BCUT2D eigenvalue weighted by Gasteiger charge is 2.35. The van der Waals surface area contributed by atoms with Crippen molar-refractivity contribution in [2.75, 3.05) is 5.32 Å². The zero-order valence-corrected chi connectivity index (χ0v) is 13.7. The molecule has 0 saturated heterocycles. The van der Waals surface area contributed by atoms with Gasteiger partial charge in [0.05, 0.1) is 0 Å². The summed E-state index contributed by atoms with van der Waals surface area (Å²) in [5, 5.41) is 20.7. The second kappa shape index (κ2) is 6.48. The lowest BCUT2D eigenvalue weighted by atomic mass is 9.91. The molecule has 7 heteroatoms. The third kappa shape index (κ3) is 3.75. The monoisotopic (exact) mass is 351 g/mol. The summed E-state index contributed by atoms with van der Waals surface area (Å²) in [6.45, 7) is 1.52. The first-order chi connectivity index (χ1) is 10.7. The number of hydrogen-bond donors (Lipinski definition) is 4. The van der Waals surface area contributed by atoms with Gasteiger partial charge in [-0.25, -0.2) is 4.79 Å². The Kier molecular flexibility index (Phi) is 4.82. The number of halogens is 2. The smallest absolute Gasteiger partial charge is 0.333 e. The maximum absolute atomic E-state index is 11.8. The normalized spacial score (nSPS) is 13.2. The van der Waals surface area contributed by atoms with E-state index in [1.54, 1.807) is 36.4 Å². The van der Waals surface area contributed by atoms with Crippen LogP contribution in [-0.4, -0.2) is 16.9 Å². The Hall–Kier alpha value is -2.24. The number of carboxylic acid groups (broad SMARTS) is 1. The van der Waals surface area contributed by atoms with Crippen molar-refractivity contribution in [1.82, 2.24) is 0 Å². The molecular weight excluding hydrogens is 337 g/mol. The van der Waals surface area contributed by atoms with E-state index in [1.807, 2.05) is 0 Å². The fourth-order valence-corrected chi connectivity index (χ4v) is 2.64. The van der Waals surface area contributed by atoms with Gasteiger partial charge in [0.2, 0.25) is 0 Å². The predicted octanol–water partition coefficient (Wildman–Crippen LogP) is 3.69. The van der Waals surface area contributed by atoms with Crippen LogP contribution in [0.25, 0.3) is 0 Å². The van der Waals surface area contributed by atoms with Crippen molar-refractivity contribution in [2.45, 2.75) is 12.5 Å². The summed E-state index contributed by atoms with van der Waals surface area (Å²) in [5.74, 6) is -1.13. The summed E-state index contributed by atoms with van der Waals surface area (Å²) in [5.41, 5.74) is 5.53. The Morgan fingerprint density at radius 3 is 2.13 bits per heavy atom. The van der Waals surface area contributed by atoms with Crippen molar-refractivity contribution in [2.24, 2.45) is 5.73 Å². The Morgan fingerprint density at radius 2 is 1.70 bits per heavy atom. The van der Waals surface area contributed by atoms with E-state index >= 15 is 0 Å². The van der Waals surface area contributed by atoms with Crippen LogP contribution in [0.5, 0.6) is 0 Å². The summed E-state index contributed by atoms with van der Waals surface area (Å²) in [7, 11) is 0. The average Bonchev–Trinajstić information content (AvgIpc) is 2.46. The quantitative estimate of drug-likeness (QED) is 0.487. The number of aliphatic carboxylic acids is 1. The molecule has 5 N–H and O–H groups in total. The molecule has 2 aromatic carbocycles. The highest BCUT2D eigenvalue weighted by Crippen LogP contribution is 2.31. The summed E-state index contributed by atoms with van der Waals surface area (Å²) in [4.78, 5) is 11.8. The maximum atomic E-state index is 11.8. The lowest BCUT2D eigenvalue weighted by molar-refractivity contribution is -0.142. The van der Waals surface area contributed by atoms with Gasteiger partial charge in [-0.2, -0.15) is 0 Å². The lowest BCUT2D eigenvalue weighted by Gasteiger charge is -2.28. The van der Waals surface area contributed by atoms with E-state index in [9.17, 15) is 9.90 Å². The van der Waals surface area contributed by atoms with Gasteiger partial charge >= 0.3 is 5.97 Å².